The van der Waals surface area contributed by atoms with Crippen LogP contribution in [0.3, 0.4) is 0 Å². The van der Waals surface area contributed by atoms with Crippen LogP contribution in [0.1, 0.15) is 265 Å². The van der Waals surface area contributed by atoms with E-state index in [1.54, 1.807) is 0 Å². The average Bonchev–Trinajstić information content (AvgIpc) is 3.15. The quantitative estimate of drug-likeness (QED) is 0.0351. The van der Waals surface area contributed by atoms with E-state index in [0.29, 0.717) is 19.3 Å². The van der Waals surface area contributed by atoms with E-state index in [9.17, 15) is 14.4 Å². The molecular formula is C47H90O6. The van der Waals surface area contributed by atoms with E-state index in [2.05, 4.69) is 20.8 Å². The molecule has 0 spiro atoms. The first-order valence-electron chi connectivity index (χ1n) is 23.5. The third-order valence-corrected chi connectivity index (χ3v) is 10.6. The molecule has 6 heteroatoms. The van der Waals surface area contributed by atoms with Crippen molar-refractivity contribution < 1.29 is 28.6 Å². The molecule has 0 aliphatic heterocycles. The average molecular weight is 751 g/mol. The summed E-state index contributed by atoms with van der Waals surface area (Å²) in [6.45, 7) is 6.64. The summed E-state index contributed by atoms with van der Waals surface area (Å²) in [6.07, 6.45) is 43.6. The first-order chi connectivity index (χ1) is 26.0. The van der Waals surface area contributed by atoms with E-state index < -0.39 is 6.10 Å². The maximum atomic E-state index is 12.7. The summed E-state index contributed by atoms with van der Waals surface area (Å²) in [5.74, 6) is -0.850. The van der Waals surface area contributed by atoms with Gasteiger partial charge in [-0.3, -0.25) is 14.4 Å². The normalized spacial score (nSPS) is 11.8. The van der Waals surface area contributed by atoms with Crippen LogP contribution < -0.4 is 0 Å². The summed E-state index contributed by atoms with van der Waals surface area (Å²) >= 11 is 0. The number of hydrogen-bond acceptors (Lipinski definition) is 6. The van der Waals surface area contributed by atoms with Gasteiger partial charge < -0.3 is 14.2 Å². The Morgan fingerprint density at radius 3 is 0.755 bits per heavy atom. The highest BCUT2D eigenvalue weighted by Crippen LogP contribution is 2.16. The molecule has 0 rings (SSSR count). The lowest BCUT2D eigenvalue weighted by molar-refractivity contribution is -0.167. The van der Waals surface area contributed by atoms with E-state index in [0.717, 1.165) is 57.8 Å². The number of rotatable bonds is 43. The van der Waals surface area contributed by atoms with Gasteiger partial charge in [0.2, 0.25) is 0 Å². The van der Waals surface area contributed by atoms with E-state index in [4.69, 9.17) is 14.2 Å². The molecule has 0 aromatic carbocycles. The van der Waals surface area contributed by atoms with Crippen LogP contribution in [0.4, 0.5) is 0 Å². The Kier molecular flexibility index (Phi) is 41.8. The highest BCUT2D eigenvalue weighted by molar-refractivity contribution is 5.71. The summed E-state index contributed by atoms with van der Waals surface area (Å²) in [5.41, 5.74) is 0. The zero-order chi connectivity index (χ0) is 38.7. The molecule has 0 bridgehead atoms. The molecule has 0 aromatic heterocycles. The molecule has 0 radical (unpaired) electrons. The van der Waals surface area contributed by atoms with Crippen molar-refractivity contribution in [1.29, 1.82) is 0 Å². The third kappa shape index (κ3) is 41.4. The summed E-state index contributed by atoms with van der Waals surface area (Å²) in [7, 11) is 0. The Labute approximate surface area is 329 Å². The zero-order valence-corrected chi connectivity index (χ0v) is 35.8. The highest BCUT2D eigenvalue weighted by Gasteiger charge is 2.19. The fourth-order valence-electron chi connectivity index (χ4n) is 7.03. The Bertz CT molecular complexity index is 783. The fourth-order valence-corrected chi connectivity index (χ4v) is 7.03. The molecule has 314 valence electrons. The number of hydrogen-bond donors (Lipinski definition) is 0. The molecule has 0 unspecified atom stereocenters. The van der Waals surface area contributed by atoms with Crippen LogP contribution in [0.5, 0.6) is 0 Å². The molecule has 0 amide bonds. The van der Waals surface area contributed by atoms with Crippen molar-refractivity contribution in [3.8, 4) is 0 Å². The largest absolute Gasteiger partial charge is 0.462 e. The van der Waals surface area contributed by atoms with Gasteiger partial charge in [-0.2, -0.15) is 0 Å². The van der Waals surface area contributed by atoms with Gasteiger partial charge in [0, 0.05) is 19.3 Å². The van der Waals surface area contributed by atoms with Crippen molar-refractivity contribution in [3.05, 3.63) is 0 Å². The predicted octanol–water partition coefficient (Wildman–Crippen LogP) is 14.9. The van der Waals surface area contributed by atoms with Gasteiger partial charge in [0.15, 0.2) is 6.10 Å². The summed E-state index contributed by atoms with van der Waals surface area (Å²) in [6, 6.07) is 0. The van der Waals surface area contributed by atoms with Gasteiger partial charge in [-0.1, -0.05) is 226 Å². The van der Waals surface area contributed by atoms with Crippen LogP contribution in [0.15, 0.2) is 0 Å². The summed E-state index contributed by atoms with van der Waals surface area (Å²) in [4.78, 5) is 37.7. The number of carbonyl (C=O) groups excluding carboxylic acids is 3. The van der Waals surface area contributed by atoms with Gasteiger partial charge in [-0.25, -0.2) is 0 Å². The topological polar surface area (TPSA) is 78.9 Å². The molecule has 53 heavy (non-hydrogen) atoms. The predicted molar refractivity (Wildman–Crippen MR) is 224 cm³/mol. The Morgan fingerprint density at radius 1 is 0.302 bits per heavy atom. The van der Waals surface area contributed by atoms with Crippen LogP contribution in [-0.4, -0.2) is 37.2 Å². The van der Waals surface area contributed by atoms with Gasteiger partial charge in [0.1, 0.15) is 13.2 Å². The lowest BCUT2D eigenvalue weighted by Gasteiger charge is -2.18. The first kappa shape index (κ1) is 51.4. The van der Waals surface area contributed by atoms with Crippen molar-refractivity contribution in [1.82, 2.24) is 0 Å². The second kappa shape index (κ2) is 43.1. The maximum Gasteiger partial charge on any atom is 0.306 e. The fraction of sp³-hybridized carbons (Fsp3) is 0.936. The minimum absolute atomic E-state index is 0.0625. The van der Waals surface area contributed by atoms with E-state index >= 15 is 0 Å². The minimum Gasteiger partial charge on any atom is -0.462 e. The summed E-state index contributed by atoms with van der Waals surface area (Å²) < 4.78 is 16.7. The highest BCUT2D eigenvalue weighted by atomic mass is 16.6. The molecule has 0 heterocycles. The van der Waals surface area contributed by atoms with Gasteiger partial charge >= 0.3 is 17.9 Å². The van der Waals surface area contributed by atoms with E-state index in [1.807, 2.05) is 0 Å². The molecular weight excluding hydrogens is 661 g/mol. The zero-order valence-electron chi connectivity index (χ0n) is 35.8. The van der Waals surface area contributed by atoms with E-state index in [1.165, 1.54) is 167 Å². The van der Waals surface area contributed by atoms with Crippen molar-refractivity contribution >= 4 is 17.9 Å². The van der Waals surface area contributed by atoms with Crippen LogP contribution in [0.25, 0.3) is 0 Å². The van der Waals surface area contributed by atoms with Gasteiger partial charge in [-0.05, 0) is 19.3 Å². The molecule has 0 fully saturated rings. The number of esters is 3. The molecule has 0 N–H and O–H groups in total. The Morgan fingerprint density at radius 2 is 0.509 bits per heavy atom. The number of unbranched alkanes of at least 4 members (excludes halogenated alkanes) is 32. The molecule has 0 aromatic rings. The van der Waals surface area contributed by atoms with Crippen molar-refractivity contribution in [2.45, 2.75) is 271 Å². The maximum absolute atomic E-state index is 12.7. The van der Waals surface area contributed by atoms with Gasteiger partial charge in [0.25, 0.3) is 0 Å². The van der Waals surface area contributed by atoms with Crippen LogP contribution >= 0.6 is 0 Å². The molecule has 1 atom stereocenters. The first-order valence-corrected chi connectivity index (χ1v) is 23.5. The lowest BCUT2D eigenvalue weighted by atomic mass is 10.0. The number of ether oxygens (including phenoxy) is 3. The Hall–Kier alpha value is -1.59. The second-order valence-corrected chi connectivity index (χ2v) is 16.0. The molecule has 0 saturated heterocycles. The third-order valence-electron chi connectivity index (χ3n) is 10.6. The SMILES string of the molecule is CCCCCCCCCCCCCCCC(=O)OC[C@H](COC(=O)CCCCCCCCCCCCC)OC(=O)CCCCCCCCCCCCC. The van der Waals surface area contributed by atoms with Gasteiger partial charge in [-0.15, -0.1) is 0 Å². The van der Waals surface area contributed by atoms with Crippen LogP contribution in [-0.2, 0) is 28.6 Å². The standard InChI is InChI=1S/C47H90O6/c1-4-7-10-13-16-19-22-23-26-28-31-34-37-40-46(49)52-43-44(53-47(50)41-38-35-32-29-25-21-18-15-12-9-6-3)42-51-45(48)39-36-33-30-27-24-20-17-14-11-8-5-2/h44H,4-43H2,1-3H3/t44-/m0/s1. The molecule has 6 nitrogen and oxygen atoms in total. The van der Waals surface area contributed by atoms with E-state index in [-0.39, 0.29) is 31.1 Å². The van der Waals surface area contributed by atoms with Crippen molar-refractivity contribution in [3.63, 3.8) is 0 Å². The summed E-state index contributed by atoms with van der Waals surface area (Å²) in [5, 5.41) is 0. The van der Waals surface area contributed by atoms with Crippen LogP contribution in [0.2, 0.25) is 0 Å². The van der Waals surface area contributed by atoms with Crippen molar-refractivity contribution in [2.24, 2.45) is 0 Å². The number of carbonyl (C=O) groups is 3. The monoisotopic (exact) mass is 751 g/mol. The lowest BCUT2D eigenvalue weighted by Crippen LogP contribution is -2.30. The molecule has 0 aliphatic rings. The molecule has 0 aliphatic carbocycles. The Balaban J connectivity index is 4.31. The van der Waals surface area contributed by atoms with Crippen LogP contribution in [0, 0.1) is 0 Å². The second-order valence-electron chi connectivity index (χ2n) is 16.0. The minimum atomic E-state index is -0.757. The van der Waals surface area contributed by atoms with Crippen molar-refractivity contribution in [2.75, 3.05) is 13.2 Å². The smallest absolute Gasteiger partial charge is 0.306 e. The van der Waals surface area contributed by atoms with Gasteiger partial charge in [0.05, 0.1) is 0 Å². The molecule has 0 saturated carbocycles.